The summed E-state index contributed by atoms with van der Waals surface area (Å²) in [6, 6.07) is 9.71. The molecule has 0 N–H and O–H groups in total. The molecule has 7 heteroatoms. The first kappa shape index (κ1) is 18.6. The number of carbonyl (C=O) groups is 1. The van der Waals surface area contributed by atoms with Gasteiger partial charge >= 0.3 is 0 Å². The minimum atomic E-state index is -0.0515. The molecule has 0 saturated heterocycles. The molecule has 29 heavy (non-hydrogen) atoms. The molecule has 6 rings (SSSR count). The summed E-state index contributed by atoms with van der Waals surface area (Å²) in [7, 11) is 0. The quantitative estimate of drug-likeness (QED) is 0.752. The van der Waals surface area contributed by atoms with E-state index < -0.39 is 0 Å². The first-order chi connectivity index (χ1) is 14.0. The van der Waals surface area contributed by atoms with E-state index in [1.807, 2.05) is 30.3 Å². The minimum Gasteiger partial charge on any atom is -0.331 e. The number of rotatable bonds is 5. The summed E-state index contributed by atoms with van der Waals surface area (Å²) in [4.78, 5) is 19.6. The highest BCUT2D eigenvalue weighted by atomic mass is 35.5. The normalized spacial score (nSPS) is 29.6. The van der Waals surface area contributed by atoms with Crippen LogP contribution in [0, 0.1) is 29.1 Å². The van der Waals surface area contributed by atoms with Crippen LogP contribution in [0.5, 0.6) is 0 Å². The number of nitrogens with zero attached hydrogens (tertiary/aromatic N) is 5. The van der Waals surface area contributed by atoms with E-state index in [-0.39, 0.29) is 23.8 Å². The number of hydrogen-bond donors (Lipinski definition) is 0. The molecule has 4 saturated carbocycles. The zero-order valence-electron chi connectivity index (χ0n) is 16.3. The molecular weight excluding hydrogens is 386 g/mol. The van der Waals surface area contributed by atoms with Crippen molar-refractivity contribution >= 4 is 17.5 Å². The van der Waals surface area contributed by atoms with Crippen molar-refractivity contribution in [2.45, 2.75) is 57.2 Å². The van der Waals surface area contributed by atoms with Gasteiger partial charge in [-0.25, -0.2) is 9.67 Å². The summed E-state index contributed by atoms with van der Waals surface area (Å²) in [5.74, 6) is 2.39. The van der Waals surface area contributed by atoms with Gasteiger partial charge in [-0.3, -0.25) is 4.79 Å². The van der Waals surface area contributed by atoms with Crippen molar-refractivity contribution in [3.8, 4) is 6.07 Å². The van der Waals surface area contributed by atoms with Gasteiger partial charge in [-0.05, 0) is 74.0 Å². The van der Waals surface area contributed by atoms with Crippen LogP contribution < -0.4 is 0 Å². The lowest BCUT2D eigenvalue weighted by atomic mass is 9.52. The Kier molecular flexibility index (Phi) is 4.59. The number of halogens is 1. The molecule has 4 aliphatic rings. The van der Waals surface area contributed by atoms with Crippen molar-refractivity contribution in [3.05, 3.63) is 47.0 Å². The van der Waals surface area contributed by atoms with E-state index >= 15 is 0 Å². The number of aromatic nitrogens is 3. The first-order valence-corrected chi connectivity index (χ1v) is 10.8. The number of carbonyl (C=O) groups excluding carboxylic acids is 1. The highest BCUT2D eigenvalue weighted by Gasteiger charge is 2.54. The van der Waals surface area contributed by atoms with Crippen LogP contribution in [0.2, 0.25) is 5.02 Å². The molecule has 0 atom stereocenters. The molecule has 0 unspecified atom stereocenters. The van der Waals surface area contributed by atoms with Crippen molar-refractivity contribution in [3.63, 3.8) is 0 Å². The molecule has 4 bridgehead atoms. The molecule has 2 aromatic rings. The van der Waals surface area contributed by atoms with Crippen LogP contribution >= 0.6 is 11.6 Å². The third kappa shape index (κ3) is 3.53. The van der Waals surface area contributed by atoms with E-state index in [0.29, 0.717) is 11.6 Å². The van der Waals surface area contributed by atoms with Gasteiger partial charge in [-0.15, -0.1) is 5.10 Å². The van der Waals surface area contributed by atoms with Gasteiger partial charge in [-0.1, -0.05) is 23.7 Å². The Morgan fingerprint density at radius 3 is 2.34 bits per heavy atom. The van der Waals surface area contributed by atoms with Crippen LogP contribution in [0.1, 0.15) is 49.9 Å². The van der Waals surface area contributed by atoms with Crippen molar-refractivity contribution in [2.24, 2.45) is 17.8 Å². The summed E-state index contributed by atoms with van der Waals surface area (Å²) in [6.45, 7) is 0.700. The van der Waals surface area contributed by atoms with Crippen LogP contribution in [0.25, 0.3) is 0 Å². The lowest BCUT2D eigenvalue weighted by molar-refractivity contribution is -0.153. The van der Waals surface area contributed by atoms with E-state index in [1.165, 1.54) is 30.3 Å². The fourth-order valence-electron chi connectivity index (χ4n) is 6.33. The molecule has 0 aliphatic heterocycles. The number of nitriles is 1. The molecule has 4 aliphatic carbocycles. The topological polar surface area (TPSA) is 74.8 Å². The molecular formula is C22H24ClN5O. The zero-order chi connectivity index (χ0) is 20.0. The maximum atomic E-state index is 13.5. The van der Waals surface area contributed by atoms with E-state index in [4.69, 9.17) is 16.9 Å². The molecule has 1 heterocycles. The van der Waals surface area contributed by atoms with Gasteiger partial charge < -0.3 is 4.90 Å². The predicted octanol–water partition coefficient (Wildman–Crippen LogP) is 3.80. The van der Waals surface area contributed by atoms with Gasteiger partial charge in [0.15, 0.2) is 0 Å². The third-order valence-electron chi connectivity index (χ3n) is 7.07. The maximum absolute atomic E-state index is 13.5. The van der Waals surface area contributed by atoms with Gasteiger partial charge in [0.2, 0.25) is 5.91 Å². The fourth-order valence-corrected chi connectivity index (χ4v) is 6.46. The van der Waals surface area contributed by atoms with Crippen molar-refractivity contribution in [1.82, 2.24) is 19.7 Å². The summed E-state index contributed by atoms with van der Waals surface area (Å²) in [6.07, 6.45) is 8.79. The highest BCUT2D eigenvalue weighted by molar-refractivity contribution is 6.30. The number of amides is 1. The Bertz CT molecular complexity index is 925. The molecule has 4 fully saturated rings. The molecule has 1 amide bonds. The molecule has 1 aromatic heterocycles. The summed E-state index contributed by atoms with van der Waals surface area (Å²) < 4.78 is 1.48. The Morgan fingerprint density at radius 2 is 1.79 bits per heavy atom. The molecule has 0 radical (unpaired) electrons. The lowest BCUT2D eigenvalue weighted by Gasteiger charge is -2.60. The van der Waals surface area contributed by atoms with E-state index in [1.54, 1.807) is 0 Å². The fraction of sp³-hybridized carbons (Fsp3) is 0.545. The molecule has 6 nitrogen and oxygen atoms in total. The van der Waals surface area contributed by atoms with E-state index in [9.17, 15) is 4.79 Å². The van der Waals surface area contributed by atoms with Gasteiger partial charge in [0.1, 0.15) is 18.9 Å². The van der Waals surface area contributed by atoms with Crippen LogP contribution in [-0.2, 0) is 17.9 Å². The van der Waals surface area contributed by atoms with Crippen LogP contribution in [0.3, 0.4) is 0 Å². The second-order valence-electron chi connectivity index (χ2n) is 9.13. The number of hydrogen-bond acceptors (Lipinski definition) is 4. The standard InChI is InChI=1S/C22H24ClN5O/c23-19-3-1-15(2-4-19)12-28(21(29)13-27-14-25-20(11-24)26-27)22-8-16-5-17(9-22)7-18(6-16)10-22/h1-4,14,16-18H,5-10,12-13H2. The lowest BCUT2D eigenvalue weighted by Crippen LogP contribution is -2.61. The van der Waals surface area contributed by atoms with Crippen LogP contribution in [0.15, 0.2) is 30.6 Å². The highest BCUT2D eigenvalue weighted by Crippen LogP contribution is 2.58. The van der Waals surface area contributed by atoms with Gasteiger partial charge in [0, 0.05) is 17.1 Å². The van der Waals surface area contributed by atoms with E-state index in [2.05, 4.69) is 15.0 Å². The Hall–Kier alpha value is -2.39. The van der Waals surface area contributed by atoms with E-state index in [0.717, 1.165) is 42.6 Å². The predicted molar refractivity (Wildman–Crippen MR) is 108 cm³/mol. The molecule has 0 spiro atoms. The summed E-state index contributed by atoms with van der Waals surface area (Å²) in [5, 5.41) is 13.8. The average Bonchev–Trinajstić information content (AvgIpc) is 3.13. The minimum absolute atomic E-state index is 0.0515. The van der Waals surface area contributed by atoms with Gasteiger partial charge in [-0.2, -0.15) is 5.26 Å². The molecule has 150 valence electrons. The molecule has 1 aromatic carbocycles. The SMILES string of the molecule is N#Cc1ncn(CC(=O)N(Cc2ccc(Cl)cc2)C23CC4CC(CC(C4)C2)C3)n1. The van der Waals surface area contributed by atoms with Crippen molar-refractivity contribution in [2.75, 3.05) is 0 Å². The van der Waals surface area contributed by atoms with Gasteiger partial charge in [0.25, 0.3) is 5.82 Å². The Labute approximate surface area is 175 Å². The largest absolute Gasteiger partial charge is 0.331 e. The monoisotopic (exact) mass is 409 g/mol. The number of benzene rings is 1. The van der Waals surface area contributed by atoms with Crippen molar-refractivity contribution < 1.29 is 4.79 Å². The first-order valence-electron chi connectivity index (χ1n) is 10.4. The van der Waals surface area contributed by atoms with Crippen molar-refractivity contribution in [1.29, 1.82) is 5.26 Å². The Morgan fingerprint density at radius 1 is 1.17 bits per heavy atom. The smallest absolute Gasteiger partial charge is 0.252 e. The summed E-state index contributed by atoms with van der Waals surface area (Å²) in [5.41, 5.74) is 1.04. The second-order valence-corrected chi connectivity index (χ2v) is 9.56. The summed E-state index contributed by atoms with van der Waals surface area (Å²) >= 11 is 6.07. The zero-order valence-corrected chi connectivity index (χ0v) is 17.1. The van der Waals surface area contributed by atoms with Crippen LogP contribution in [-0.4, -0.2) is 31.1 Å². The average molecular weight is 410 g/mol. The Balaban J connectivity index is 1.45. The second kappa shape index (κ2) is 7.14. The van der Waals surface area contributed by atoms with Crippen LogP contribution in [0.4, 0.5) is 0 Å². The maximum Gasteiger partial charge on any atom is 0.252 e. The third-order valence-corrected chi connectivity index (χ3v) is 7.32. The van der Waals surface area contributed by atoms with Gasteiger partial charge in [0.05, 0.1) is 0 Å².